The summed E-state index contributed by atoms with van der Waals surface area (Å²) in [7, 11) is -4.52. The molecule has 0 radical (unpaired) electrons. The van der Waals surface area contributed by atoms with E-state index in [1.54, 1.807) is 30.4 Å². The first-order valence-corrected chi connectivity index (χ1v) is 12.1. The van der Waals surface area contributed by atoms with Gasteiger partial charge in [0.1, 0.15) is 12.5 Å². The van der Waals surface area contributed by atoms with Crippen molar-refractivity contribution >= 4 is 13.4 Å². The Morgan fingerprint density at radius 1 is 1.20 bits per heavy atom. The van der Waals surface area contributed by atoms with Crippen LogP contribution in [0.5, 0.6) is 5.88 Å². The zero-order chi connectivity index (χ0) is 25.1. The molecule has 0 saturated carbocycles. The molecule has 12 heteroatoms. The molecular formula is C23H26FN4O6P. The molecule has 0 aliphatic heterocycles. The molecule has 186 valence electrons. The number of phosphoric acid groups is 1. The lowest BCUT2D eigenvalue weighted by molar-refractivity contribution is 0.191. The fraction of sp³-hybridized carbons (Fsp3) is 0.217. The van der Waals surface area contributed by atoms with Crippen LogP contribution in [0.1, 0.15) is 22.7 Å². The van der Waals surface area contributed by atoms with E-state index in [0.717, 1.165) is 11.3 Å². The van der Waals surface area contributed by atoms with Crippen LogP contribution >= 0.6 is 7.82 Å². The minimum atomic E-state index is -4.52. The van der Waals surface area contributed by atoms with E-state index >= 15 is 0 Å². The lowest BCUT2D eigenvalue weighted by atomic mass is 10.1. The first-order valence-electron chi connectivity index (χ1n) is 10.6. The quantitative estimate of drug-likeness (QED) is 0.118. The molecular weight excluding hydrogens is 478 g/mol. The molecule has 3 rings (SSSR count). The van der Waals surface area contributed by atoms with Gasteiger partial charge >= 0.3 is 7.82 Å². The molecule has 0 unspecified atom stereocenters. The van der Waals surface area contributed by atoms with Gasteiger partial charge in [-0.15, -0.1) is 0 Å². The average molecular weight is 504 g/mol. The highest BCUT2D eigenvalue weighted by atomic mass is 31.2. The minimum absolute atomic E-state index is 0.185. The number of phosphoric ester groups is 1. The Hall–Kier alpha value is -3.34. The fourth-order valence-electron chi connectivity index (χ4n) is 2.99. The van der Waals surface area contributed by atoms with Crippen molar-refractivity contribution in [3.63, 3.8) is 0 Å². The number of nitrogens with zero attached hydrogens (tertiary/aromatic N) is 2. The number of nitrogens with two attached hydrogens (primary N) is 1. The van der Waals surface area contributed by atoms with E-state index in [1.807, 2.05) is 18.2 Å². The van der Waals surface area contributed by atoms with Crippen LogP contribution in [0.2, 0.25) is 0 Å². The van der Waals surface area contributed by atoms with Crippen molar-refractivity contribution in [3.05, 3.63) is 95.4 Å². The van der Waals surface area contributed by atoms with E-state index in [9.17, 15) is 8.96 Å². The summed E-state index contributed by atoms with van der Waals surface area (Å²) in [5.41, 5.74) is 8.70. The van der Waals surface area contributed by atoms with Gasteiger partial charge in [0, 0.05) is 37.1 Å². The Morgan fingerprint density at radius 3 is 2.80 bits per heavy atom. The summed E-state index contributed by atoms with van der Waals surface area (Å²) >= 11 is 0. The second-order valence-electron chi connectivity index (χ2n) is 7.28. The maximum atomic E-state index is 13.3. The number of rotatable bonds is 13. The Bertz CT molecular complexity index is 1210. The van der Waals surface area contributed by atoms with E-state index in [4.69, 9.17) is 24.8 Å². The third-order valence-corrected chi connectivity index (χ3v) is 5.06. The average Bonchev–Trinajstić information content (AvgIpc) is 3.26. The minimum Gasteiger partial charge on any atom is -0.477 e. The smallest absolute Gasteiger partial charge is 0.471 e. The summed E-state index contributed by atoms with van der Waals surface area (Å²) in [6.45, 7) is 0.205. The lowest BCUT2D eigenvalue weighted by Gasteiger charge is -2.07. The van der Waals surface area contributed by atoms with Crippen molar-refractivity contribution in [2.24, 2.45) is 5.73 Å². The van der Waals surface area contributed by atoms with Gasteiger partial charge in [0.05, 0.1) is 18.0 Å². The zero-order valence-electron chi connectivity index (χ0n) is 18.7. The van der Waals surface area contributed by atoms with Crippen LogP contribution in [0.25, 0.3) is 5.57 Å². The van der Waals surface area contributed by atoms with Gasteiger partial charge in [-0.25, -0.2) is 13.9 Å². The number of benzene rings is 1. The highest BCUT2D eigenvalue weighted by Crippen LogP contribution is 2.34. The number of aromatic nitrogens is 2. The molecule has 0 spiro atoms. The molecule has 0 saturated heterocycles. The zero-order valence-corrected chi connectivity index (χ0v) is 19.6. The summed E-state index contributed by atoms with van der Waals surface area (Å²) in [6, 6.07) is 13.6. The van der Waals surface area contributed by atoms with Gasteiger partial charge in [-0.1, -0.05) is 29.4 Å². The number of pyridine rings is 1. The molecule has 5 N–H and O–H groups in total. The number of halogens is 1. The molecule has 35 heavy (non-hydrogen) atoms. The van der Waals surface area contributed by atoms with Crippen LogP contribution in [0.3, 0.4) is 0 Å². The summed E-state index contributed by atoms with van der Waals surface area (Å²) < 4.78 is 39.3. The van der Waals surface area contributed by atoms with E-state index in [2.05, 4.69) is 20.0 Å². The molecule has 0 bridgehead atoms. The van der Waals surface area contributed by atoms with Crippen LogP contribution < -0.4 is 15.8 Å². The van der Waals surface area contributed by atoms with Gasteiger partial charge in [-0.3, -0.25) is 4.52 Å². The van der Waals surface area contributed by atoms with Crippen LogP contribution in [0.4, 0.5) is 4.39 Å². The molecule has 0 fully saturated rings. The van der Waals surface area contributed by atoms with Crippen molar-refractivity contribution in [1.29, 1.82) is 0 Å². The van der Waals surface area contributed by atoms with Gasteiger partial charge < -0.3 is 30.1 Å². The molecule has 3 aromatic rings. The Labute approximate surface area is 201 Å². The SMILES string of the molecule is NC/C(=C\C=C/NCOP(=O)(O)O)c1cc(Cc2cccc(OCCc3cccc(F)c3)n2)no1. The van der Waals surface area contributed by atoms with Crippen LogP contribution in [-0.2, 0) is 21.9 Å². The van der Waals surface area contributed by atoms with Gasteiger partial charge in [0.2, 0.25) is 5.88 Å². The van der Waals surface area contributed by atoms with E-state index in [0.29, 0.717) is 42.4 Å². The highest BCUT2D eigenvalue weighted by Gasteiger charge is 2.12. The maximum absolute atomic E-state index is 13.3. The summed E-state index contributed by atoms with van der Waals surface area (Å²) in [6.07, 6.45) is 5.71. The molecule has 10 nitrogen and oxygen atoms in total. The summed E-state index contributed by atoms with van der Waals surface area (Å²) in [4.78, 5) is 21.7. The number of nitrogens with one attached hydrogen (secondary N) is 1. The molecule has 1 aromatic carbocycles. The first-order chi connectivity index (χ1) is 16.8. The molecule has 2 aromatic heterocycles. The third-order valence-electron chi connectivity index (χ3n) is 4.60. The largest absolute Gasteiger partial charge is 0.477 e. The Balaban J connectivity index is 1.53. The monoisotopic (exact) mass is 504 g/mol. The molecule has 2 heterocycles. The van der Waals surface area contributed by atoms with E-state index in [1.165, 1.54) is 18.3 Å². The Kier molecular flexibility index (Phi) is 9.71. The number of hydrogen-bond acceptors (Lipinski definition) is 8. The topological polar surface area (TPSA) is 153 Å². The van der Waals surface area contributed by atoms with Crippen molar-refractivity contribution in [2.75, 3.05) is 19.9 Å². The van der Waals surface area contributed by atoms with E-state index < -0.39 is 7.82 Å². The molecule has 0 aliphatic rings. The number of hydrogen-bond donors (Lipinski definition) is 4. The first kappa shape index (κ1) is 26.3. The van der Waals surface area contributed by atoms with Crippen molar-refractivity contribution in [1.82, 2.24) is 15.5 Å². The molecule has 0 amide bonds. The highest BCUT2D eigenvalue weighted by molar-refractivity contribution is 7.46. The number of ether oxygens (including phenoxy) is 1. The lowest BCUT2D eigenvalue weighted by Crippen LogP contribution is -2.09. The predicted octanol–water partition coefficient (Wildman–Crippen LogP) is 2.93. The van der Waals surface area contributed by atoms with Gasteiger partial charge in [-0.05, 0) is 36.0 Å². The predicted molar refractivity (Wildman–Crippen MR) is 126 cm³/mol. The number of allylic oxidation sites excluding steroid dienone is 2. The fourth-order valence-corrected chi connectivity index (χ4v) is 3.23. The van der Waals surface area contributed by atoms with E-state index in [-0.39, 0.29) is 19.1 Å². The van der Waals surface area contributed by atoms with Crippen LogP contribution in [-0.4, -0.2) is 39.8 Å². The van der Waals surface area contributed by atoms with Crippen molar-refractivity contribution < 1.29 is 32.5 Å². The van der Waals surface area contributed by atoms with Crippen molar-refractivity contribution in [3.8, 4) is 5.88 Å². The third kappa shape index (κ3) is 9.44. The summed E-state index contributed by atoms with van der Waals surface area (Å²) in [5.74, 6) is 0.675. The van der Waals surface area contributed by atoms with Crippen molar-refractivity contribution in [2.45, 2.75) is 12.8 Å². The van der Waals surface area contributed by atoms with Gasteiger partial charge in [-0.2, -0.15) is 0 Å². The maximum Gasteiger partial charge on any atom is 0.471 e. The second-order valence-corrected chi connectivity index (χ2v) is 8.52. The molecule has 0 aliphatic carbocycles. The van der Waals surface area contributed by atoms with Crippen LogP contribution in [0.15, 0.2) is 71.4 Å². The molecule has 0 atom stereocenters. The Morgan fingerprint density at radius 2 is 2.03 bits per heavy atom. The van der Waals surface area contributed by atoms with Gasteiger partial charge in [0.15, 0.2) is 5.76 Å². The standard InChI is InChI=1S/C23H26FN4O6P/c24-19-6-1-4-17(12-19)9-11-32-23-8-2-7-20(27-23)13-21-14-22(34-28-21)18(15-25)5-3-10-26-16-33-35(29,30)31/h1-8,10,12,14,26H,9,11,13,15-16,25H2,(H2,29,30,31)/b10-3-,18-5+. The summed E-state index contributed by atoms with van der Waals surface area (Å²) in [5, 5.41) is 6.65. The second kappa shape index (κ2) is 12.9. The van der Waals surface area contributed by atoms with Gasteiger partial charge in [0.25, 0.3) is 0 Å². The van der Waals surface area contributed by atoms with Crippen LogP contribution in [0, 0.1) is 5.82 Å². The normalized spacial score (nSPS) is 12.3.